The molecule has 49 heavy (non-hydrogen) atoms. The molecular weight excluding hydrogens is 672 g/mol. The van der Waals surface area contributed by atoms with Gasteiger partial charge in [0.05, 0.1) is 22.7 Å². The lowest BCUT2D eigenvalue weighted by Crippen LogP contribution is -2.35. The van der Waals surface area contributed by atoms with E-state index in [9.17, 15) is 49.1 Å². The van der Waals surface area contributed by atoms with E-state index in [1.165, 1.54) is 24.0 Å². The molecule has 1 fully saturated rings. The second-order valence-electron chi connectivity index (χ2n) is 13.1. The highest BCUT2D eigenvalue weighted by Gasteiger charge is 2.44. The van der Waals surface area contributed by atoms with E-state index in [1.807, 2.05) is 13.8 Å². The molecule has 14 heteroatoms. The Morgan fingerprint density at radius 2 is 1.49 bits per heavy atom. The molecule has 1 saturated heterocycles. The summed E-state index contributed by atoms with van der Waals surface area (Å²) in [7, 11) is 0. The third-order valence-corrected chi connectivity index (χ3v) is 8.95. The Morgan fingerprint density at radius 3 is 2.06 bits per heavy atom. The third-order valence-electron chi connectivity index (χ3n) is 8.95. The first-order valence-electron chi connectivity index (χ1n) is 15.0. The van der Waals surface area contributed by atoms with Crippen molar-refractivity contribution < 1.29 is 58.2 Å². The van der Waals surface area contributed by atoms with E-state index in [1.54, 1.807) is 0 Å². The van der Waals surface area contributed by atoms with Gasteiger partial charge in [-0.1, -0.05) is 32.0 Å². The highest BCUT2D eigenvalue weighted by molar-refractivity contribution is 5.81. The van der Waals surface area contributed by atoms with Crippen LogP contribution in [0.15, 0.2) is 60.2 Å². The van der Waals surface area contributed by atoms with Crippen LogP contribution in [-0.2, 0) is 23.3 Å². The average molecular weight is 702 g/mol. The molecule has 0 bridgehead atoms. The van der Waals surface area contributed by atoms with Crippen LogP contribution in [0.3, 0.4) is 0 Å². The van der Waals surface area contributed by atoms with Crippen molar-refractivity contribution >= 4 is 18.0 Å². The number of carbonyl (C=O) groups is 2. The largest absolute Gasteiger partial charge is 0.439 e. The van der Waals surface area contributed by atoms with Crippen molar-refractivity contribution in [2.75, 3.05) is 6.54 Å². The molecule has 1 aliphatic heterocycles. The maximum absolute atomic E-state index is 15.2. The minimum atomic E-state index is -5.11. The number of amides is 1. The van der Waals surface area contributed by atoms with Gasteiger partial charge < -0.3 is 4.74 Å². The van der Waals surface area contributed by atoms with Crippen molar-refractivity contribution in [2.45, 2.75) is 70.7 Å². The lowest BCUT2D eigenvalue weighted by Gasteiger charge is -2.35. The highest BCUT2D eigenvalue weighted by Crippen LogP contribution is 2.46. The Morgan fingerprint density at radius 1 is 0.857 bits per heavy atom. The Labute approximate surface area is 274 Å². The van der Waals surface area contributed by atoms with Gasteiger partial charge in [-0.15, -0.1) is 0 Å². The van der Waals surface area contributed by atoms with Crippen LogP contribution < -0.4 is 0 Å². The minimum absolute atomic E-state index is 0.0187. The number of halogens is 10. The standard InChI is InChI=1S/C35H29F10NO3/c1-18-30(21-11-23(33(37,38)39)14-24(12-21)34(40,41)42)49-31(48)46(18)16-22-15-32(2,3)9-8-25(22)20-5-7-29(36)27(13-20)26-6-4-19(17-47)10-28(26)35(43,44)45/h4-7,10-14,17-18,30H,8-9,15-16H2,1-3H3/t18?,30-/m0/s1. The molecule has 5 rings (SSSR count). The smallest absolute Gasteiger partial charge is 0.417 e. The van der Waals surface area contributed by atoms with E-state index >= 15 is 4.39 Å². The van der Waals surface area contributed by atoms with Crippen LogP contribution in [-0.4, -0.2) is 29.9 Å². The first-order valence-corrected chi connectivity index (χ1v) is 15.0. The summed E-state index contributed by atoms with van der Waals surface area (Å²) in [4.78, 5) is 25.5. The summed E-state index contributed by atoms with van der Waals surface area (Å²) in [5.41, 5.74) is -4.69. The van der Waals surface area contributed by atoms with Gasteiger partial charge in [-0.05, 0) is 95.8 Å². The second-order valence-corrected chi connectivity index (χ2v) is 13.1. The number of carbonyl (C=O) groups excluding carboxylic acids is 2. The van der Waals surface area contributed by atoms with Crippen LogP contribution >= 0.6 is 0 Å². The van der Waals surface area contributed by atoms with Crippen molar-refractivity contribution in [3.8, 4) is 11.1 Å². The highest BCUT2D eigenvalue weighted by atomic mass is 19.4. The summed E-state index contributed by atoms with van der Waals surface area (Å²) < 4.78 is 144. The van der Waals surface area contributed by atoms with Crippen molar-refractivity contribution in [1.82, 2.24) is 4.90 Å². The molecular formula is C35H29F10NO3. The van der Waals surface area contributed by atoms with E-state index < -0.39 is 70.4 Å². The lowest BCUT2D eigenvalue weighted by atomic mass is 9.72. The molecule has 1 unspecified atom stereocenters. The van der Waals surface area contributed by atoms with E-state index in [4.69, 9.17) is 4.74 Å². The lowest BCUT2D eigenvalue weighted by molar-refractivity contribution is -0.143. The number of ether oxygens (including phenoxy) is 1. The molecule has 3 aromatic carbocycles. The average Bonchev–Trinajstić information content (AvgIpc) is 3.28. The number of rotatable bonds is 6. The van der Waals surface area contributed by atoms with Crippen molar-refractivity contribution in [3.05, 3.63) is 99.4 Å². The van der Waals surface area contributed by atoms with Crippen molar-refractivity contribution in [2.24, 2.45) is 5.41 Å². The Balaban J connectivity index is 1.55. The summed E-state index contributed by atoms with van der Waals surface area (Å²) in [5, 5.41) is 0. The molecule has 0 aromatic heterocycles. The zero-order valence-corrected chi connectivity index (χ0v) is 26.2. The number of nitrogens with zero attached hydrogens (tertiary/aromatic N) is 1. The first-order chi connectivity index (χ1) is 22.6. The fourth-order valence-electron chi connectivity index (χ4n) is 6.45. The minimum Gasteiger partial charge on any atom is -0.439 e. The molecule has 4 nitrogen and oxygen atoms in total. The second kappa shape index (κ2) is 12.5. The molecule has 1 heterocycles. The summed E-state index contributed by atoms with van der Waals surface area (Å²) in [5.74, 6) is -0.953. The van der Waals surface area contributed by atoms with Gasteiger partial charge in [0.2, 0.25) is 0 Å². The number of allylic oxidation sites excluding steroid dienone is 1. The molecule has 1 aliphatic carbocycles. The predicted octanol–water partition coefficient (Wildman–Crippen LogP) is 10.9. The van der Waals surface area contributed by atoms with Crippen LogP contribution in [0.2, 0.25) is 0 Å². The number of hydrogen-bond donors (Lipinski definition) is 0. The van der Waals surface area contributed by atoms with Crippen molar-refractivity contribution in [3.63, 3.8) is 0 Å². The fourth-order valence-corrected chi connectivity index (χ4v) is 6.45. The van der Waals surface area contributed by atoms with Gasteiger partial charge >= 0.3 is 24.6 Å². The molecule has 2 atom stereocenters. The Bertz CT molecular complexity index is 1790. The molecule has 262 valence electrons. The van der Waals surface area contributed by atoms with Crippen molar-refractivity contribution in [1.29, 1.82) is 0 Å². The van der Waals surface area contributed by atoms with E-state index in [0.29, 0.717) is 54.2 Å². The van der Waals surface area contributed by atoms with E-state index in [-0.39, 0.29) is 35.4 Å². The Hall–Kier alpha value is -4.36. The number of hydrogen-bond acceptors (Lipinski definition) is 3. The summed E-state index contributed by atoms with van der Waals surface area (Å²) >= 11 is 0. The SMILES string of the molecule is CC1[C@@H](c2cc(C(F)(F)F)cc(C(F)(F)F)c2)OC(=O)N1CC1=C(c2ccc(F)c(-c3ccc(C=O)cc3C(F)(F)F)c2)CCC(C)(C)C1. The number of benzene rings is 3. The molecule has 3 aromatic rings. The topological polar surface area (TPSA) is 46.6 Å². The van der Waals surface area contributed by atoms with Gasteiger partial charge in [0.1, 0.15) is 18.2 Å². The number of alkyl halides is 9. The summed E-state index contributed by atoms with van der Waals surface area (Å²) in [6, 6.07) is 6.40. The third kappa shape index (κ3) is 7.47. The van der Waals surface area contributed by atoms with Gasteiger partial charge in [0.25, 0.3) is 0 Å². The van der Waals surface area contributed by atoms with Crippen LogP contribution in [0.5, 0.6) is 0 Å². The molecule has 0 spiro atoms. The summed E-state index contributed by atoms with van der Waals surface area (Å²) in [6.07, 6.45) is -16.0. The summed E-state index contributed by atoms with van der Waals surface area (Å²) in [6.45, 7) is 5.16. The van der Waals surface area contributed by atoms with Crippen LogP contribution in [0.1, 0.15) is 84.3 Å². The van der Waals surface area contributed by atoms with Gasteiger partial charge in [0, 0.05) is 17.7 Å². The monoisotopic (exact) mass is 701 g/mol. The quantitative estimate of drug-likeness (QED) is 0.190. The molecule has 0 radical (unpaired) electrons. The first kappa shape index (κ1) is 35.9. The maximum atomic E-state index is 15.2. The van der Waals surface area contributed by atoms with Crippen LogP contribution in [0, 0.1) is 11.2 Å². The van der Waals surface area contributed by atoms with E-state index in [0.717, 1.165) is 18.2 Å². The maximum Gasteiger partial charge on any atom is 0.417 e. The number of aldehydes is 1. The number of cyclic esters (lactones) is 1. The zero-order chi connectivity index (χ0) is 36.3. The fraction of sp³-hybridized carbons (Fsp3) is 0.371. The Kier molecular flexibility index (Phi) is 9.17. The zero-order valence-electron chi connectivity index (χ0n) is 26.2. The molecule has 0 saturated carbocycles. The molecule has 0 N–H and O–H groups in total. The van der Waals surface area contributed by atoms with Gasteiger partial charge in [-0.25, -0.2) is 9.18 Å². The molecule has 1 amide bonds. The van der Waals surface area contributed by atoms with Gasteiger partial charge in [-0.2, -0.15) is 39.5 Å². The van der Waals surface area contributed by atoms with Gasteiger partial charge in [0.15, 0.2) is 0 Å². The molecule has 2 aliphatic rings. The predicted molar refractivity (Wildman–Crippen MR) is 159 cm³/mol. The normalized spacial score (nSPS) is 20.1. The van der Waals surface area contributed by atoms with Crippen LogP contribution in [0.25, 0.3) is 16.7 Å². The van der Waals surface area contributed by atoms with E-state index in [2.05, 4.69) is 0 Å². The van der Waals surface area contributed by atoms with Crippen LogP contribution in [0.4, 0.5) is 48.7 Å². The van der Waals surface area contributed by atoms with Gasteiger partial charge in [-0.3, -0.25) is 9.69 Å².